The first-order valence-corrected chi connectivity index (χ1v) is 7.44. The molecule has 18 heavy (non-hydrogen) atoms. The highest BCUT2D eigenvalue weighted by Crippen LogP contribution is 2.22. The molecule has 100 valence electrons. The summed E-state index contributed by atoms with van der Waals surface area (Å²) >= 11 is 0. The molecule has 4 heteroatoms. The lowest BCUT2D eigenvalue weighted by atomic mass is 9.93. The van der Waals surface area contributed by atoms with E-state index >= 15 is 0 Å². The maximum Gasteiger partial charge on any atom is 0.133 e. The van der Waals surface area contributed by atoms with Crippen LogP contribution in [-0.4, -0.2) is 27.9 Å². The fraction of sp³-hybridized carbons (Fsp3) is 0.857. The fourth-order valence-electron chi connectivity index (χ4n) is 3.23. The average molecular weight is 248 g/mol. The van der Waals surface area contributed by atoms with Gasteiger partial charge in [-0.1, -0.05) is 6.92 Å². The van der Waals surface area contributed by atoms with Crippen molar-refractivity contribution in [1.82, 2.24) is 20.1 Å². The third-order valence-electron chi connectivity index (χ3n) is 4.52. The summed E-state index contributed by atoms with van der Waals surface area (Å²) in [7, 11) is 0. The van der Waals surface area contributed by atoms with E-state index in [0.717, 1.165) is 31.2 Å². The third kappa shape index (κ3) is 2.58. The van der Waals surface area contributed by atoms with Gasteiger partial charge in [0, 0.05) is 19.4 Å². The molecule has 2 aliphatic rings. The lowest BCUT2D eigenvalue weighted by Gasteiger charge is -2.23. The Morgan fingerprint density at radius 3 is 2.89 bits per heavy atom. The van der Waals surface area contributed by atoms with Gasteiger partial charge in [-0.2, -0.15) is 0 Å². The van der Waals surface area contributed by atoms with Crippen molar-refractivity contribution in [1.29, 1.82) is 0 Å². The molecule has 0 aromatic carbocycles. The van der Waals surface area contributed by atoms with Gasteiger partial charge in [-0.05, 0) is 50.6 Å². The summed E-state index contributed by atoms with van der Waals surface area (Å²) in [5.74, 6) is 4.12. The second-order valence-corrected chi connectivity index (χ2v) is 6.01. The Labute approximate surface area is 109 Å². The summed E-state index contributed by atoms with van der Waals surface area (Å²) in [5, 5.41) is 12.2. The predicted molar refractivity (Wildman–Crippen MR) is 71.4 cm³/mol. The summed E-state index contributed by atoms with van der Waals surface area (Å²) in [5.41, 5.74) is 0. The van der Waals surface area contributed by atoms with Gasteiger partial charge < -0.3 is 9.88 Å². The van der Waals surface area contributed by atoms with Gasteiger partial charge in [0.1, 0.15) is 11.6 Å². The number of nitrogens with one attached hydrogen (secondary N) is 1. The summed E-state index contributed by atoms with van der Waals surface area (Å²) in [4.78, 5) is 0. The van der Waals surface area contributed by atoms with E-state index in [4.69, 9.17) is 0 Å². The molecule has 0 radical (unpaired) electrons. The van der Waals surface area contributed by atoms with Gasteiger partial charge in [-0.25, -0.2) is 0 Å². The molecule has 1 aromatic heterocycles. The zero-order valence-corrected chi connectivity index (χ0v) is 11.4. The van der Waals surface area contributed by atoms with Crippen LogP contribution in [0, 0.1) is 11.8 Å². The highest BCUT2D eigenvalue weighted by Gasteiger charge is 2.21. The molecule has 0 aliphatic carbocycles. The van der Waals surface area contributed by atoms with Crippen molar-refractivity contribution in [3.8, 4) is 0 Å². The number of hydrogen-bond donors (Lipinski definition) is 1. The van der Waals surface area contributed by atoms with Crippen molar-refractivity contribution in [2.24, 2.45) is 11.8 Å². The molecule has 0 bridgehead atoms. The highest BCUT2D eigenvalue weighted by atomic mass is 15.3. The Morgan fingerprint density at radius 1 is 1.22 bits per heavy atom. The minimum absolute atomic E-state index is 0.777. The van der Waals surface area contributed by atoms with Gasteiger partial charge >= 0.3 is 0 Å². The van der Waals surface area contributed by atoms with Crippen LogP contribution in [0.15, 0.2) is 0 Å². The number of rotatable bonds is 3. The smallest absolute Gasteiger partial charge is 0.133 e. The van der Waals surface area contributed by atoms with Crippen LogP contribution in [0.25, 0.3) is 0 Å². The van der Waals surface area contributed by atoms with Gasteiger partial charge in [0.15, 0.2) is 0 Å². The lowest BCUT2D eigenvalue weighted by Crippen LogP contribution is -2.28. The zero-order valence-electron chi connectivity index (χ0n) is 11.4. The second kappa shape index (κ2) is 5.39. The van der Waals surface area contributed by atoms with Crippen LogP contribution in [0.4, 0.5) is 0 Å². The van der Waals surface area contributed by atoms with Crippen LogP contribution < -0.4 is 5.32 Å². The van der Waals surface area contributed by atoms with E-state index < -0.39 is 0 Å². The number of piperidine rings is 1. The molecule has 1 atom stereocenters. The van der Waals surface area contributed by atoms with E-state index in [-0.39, 0.29) is 0 Å². The third-order valence-corrected chi connectivity index (χ3v) is 4.52. The summed E-state index contributed by atoms with van der Waals surface area (Å²) in [6.07, 6.45) is 7.46. The van der Waals surface area contributed by atoms with E-state index in [0.29, 0.717) is 0 Å². The van der Waals surface area contributed by atoms with Crippen molar-refractivity contribution in [2.75, 3.05) is 13.1 Å². The molecule has 3 heterocycles. The molecule has 3 rings (SSSR count). The molecule has 1 saturated heterocycles. The molecule has 1 unspecified atom stereocenters. The molecule has 0 spiro atoms. The molecule has 1 fully saturated rings. The van der Waals surface area contributed by atoms with Crippen LogP contribution in [0.3, 0.4) is 0 Å². The first-order chi connectivity index (χ1) is 8.83. The lowest BCUT2D eigenvalue weighted by molar-refractivity contribution is 0.346. The van der Waals surface area contributed by atoms with Crippen molar-refractivity contribution in [3.63, 3.8) is 0 Å². The Bertz CT molecular complexity index is 392. The van der Waals surface area contributed by atoms with Crippen molar-refractivity contribution < 1.29 is 0 Å². The Hall–Kier alpha value is -0.900. The van der Waals surface area contributed by atoms with Gasteiger partial charge in [0.2, 0.25) is 0 Å². The average Bonchev–Trinajstić information content (AvgIpc) is 2.80. The quantitative estimate of drug-likeness (QED) is 0.887. The Kier molecular flexibility index (Phi) is 3.64. The summed E-state index contributed by atoms with van der Waals surface area (Å²) in [6, 6.07) is 0. The second-order valence-electron chi connectivity index (χ2n) is 6.01. The van der Waals surface area contributed by atoms with Crippen LogP contribution in [0.1, 0.15) is 44.3 Å². The van der Waals surface area contributed by atoms with E-state index in [9.17, 15) is 0 Å². The van der Waals surface area contributed by atoms with Crippen LogP contribution in [0.5, 0.6) is 0 Å². The maximum atomic E-state index is 4.41. The molecular weight excluding hydrogens is 224 g/mol. The molecule has 1 aromatic rings. The number of hydrogen-bond acceptors (Lipinski definition) is 3. The molecule has 0 saturated carbocycles. The Morgan fingerprint density at radius 2 is 2.06 bits per heavy atom. The standard InChI is InChI=1S/C14H24N4/c1-11-6-9-18-13(16-17-14(18)10-11)3-2-12-4-7-15-8-5-12/h11-12,15H,2-10H2,1H3. The van der Waals surface area contributed by atoms with Crippen LogP contribution in [0.2, 0.25) is 0 Å². The maximum absolute atomic E-state index is 4.41. The topological polar surface area (TPSA) is 42.7 Å². The Balaban J connectivity index is 1.59. The van der Waals surface area contributed by atoms with E-state index in [2.05, 4.69) is 27.0 Å². The number of fused-ring (bicyclic) bond motifs is 1. The first kappa shape index (κ1) is 12.2. The van der Waals surface area contributed by atoms with E-state index in [1.165, 1.54) is 50.4 Å². The van der Waals surface area contributed by atoms with E-state index in [1.54, 1.807) is 0 Å². The van der Waals surface area contributed by atoms with Crippen molar-refractivity contribution >= 4 is 0 Å². The van der Waals surface area contributed by atoms with E-state index in [1.807, 2.05) is 0 Å². The van der Waals surface area contributed by atoms with Gasteiger partial charge in [-0.15, -0.1) is 10.2 Å². The fourth-order valence-corrected chi connectivity index (χ4v) is 3.23. The molecule has 1 N–H and O–H groups in total. The minimum atomic E-state index is 0.777. The zero-order chi connectivity index (χ0) is 12.4. The van der Waals surface area contributed by atoms with Gasteiger partial charge in [0.25, 0.3) is 0 Å². The normalized spacial score (nSPS) is 25.1. The minimum Gasteiger partial charge on any atom is -0.317 e. The molecule has 4 nitrogen and oxygen atoms in total. The monoisotopic (exact) mass is 248 g/mol. The molecular formula is C14H24N4. The van der Waals surface area contributed by atoms with Gasteiger partial charge in [-0.3, -0.25) is 0 Å². The van der Waals surface area contributed by atoms with Crippen LogP contribution in [-0.2, 0) is 19.4 Å². The van der Waals surface area contributed by atoms with Gasteiger partial charge in [0.05, 0.1) is 0 Å². The predicted octanol–water partition coefficient (Wildman–Crippen LogP) is 1.79. The molecule has 2 aliphatic heterocycles. The number of nitrogens with zero attached hydrogens (tertiary/aromatic N) is 3. The SMILES string of the molecule is CC1CCn2c(CCC3CCNCC3)nnc2C1. The highest BCUT2D eigenvalue weighted by molar-refractivity contribution is 5.00. The molecule has 0 amide bonds. The number of aromatic nitrogens is 3. The largest absolute Gasteiger partial charge is 0.317 e. The summed E-state index contributed by atoms with van der Waals surface area (Å²) in [6.45, 7) is 5.83. The number of aryl methyl sites for hydroxylation is 1. The van der Waals surface area contributed by atoms with Crippen molar-refractivity contribution in [3.05, 3.63) is 11.6 Å². The summed E-state index contributed by atoms with van der Waals surface area (Å²) < 4.78 is 2.38. The first-order valence-electron chi connectivity index (χ1n) is 7.44. The van der Waals surface area contributed by atoms with Crippen molar-refractivity contribution in [2.45, 2.75) is 52.0 Å². The van der Waals surface area contributed by atoms with Crippen LogP contribution >= 0.6 is 0 Å².